The summed E-state index contributed by atoms with van der Waals surface area (Å²) >= 11 is 12.7. The number of amides is 2. The SMILES string of the molecule is COC(=O)c1cc(C)c([N+](=O)[O-])c(N2CC[C@H]3[C@@H](C2=O)[C@H](c2cccc(Cl)c2F)[C@]2(C(=O)Nc4cc(Cl)ccc42)N3CC2CC2)c1. The summed E-state index contributed by atoms with van der Waals surface area (Å²) in [4.78, 5) is 57.1. The van der Waals surface area contributed by atoms with Crippen LogP contribution in [0.5, 0.6) is 0 Å². The second-order valence-electron chi connectivity index (χ2n) is 12.4. The van der Waals surface area contributed by atoms with E-state index in [9.17, 15) is 24.5 Å². The number of esters is 1. The number of piperidine rings is 1. The van der Waals surface area contributed by atoms with E-state index >= 15 is 4.39 Å². The first-order valence-electron chi connectivity index (χ1n) is 15.0. The molecule has 2 amide bonds. The number of aryl methyl sites for hydroxylation is 1. The van der Waals surface area contributed by atoms with Crippen molar-refractivity contribution in [1.29, 1.82) is 0 Å². The quantitative estimate of drug-likeness (QED) is 0.188. The third-order valence-electron chi connectivity index (χ3n) is 9.91. The van der Waals surface area contributed by atoms with Crippen LogP contribution in [0.15, 0.2) is 48.5 Å². The van der Waals surface area contributed by atoms with Crippen molar-refractivity contribution in [3.05, 3.63) is 96.8 Å². The van der Waals surface area contributed by atoms with Gasteiger partial charge in [-0.3, -0.25) is 24.6 Å². The van der Waals surface area contributed by atoms with Crippen LogP contribution in [0.1, 0.15) is 52.2 Å². The van der Waals surface area contributed by atoms with Gasteiger partial charge in [-0.25, -0.2) is 9.18 Å². The molecule has 0 bridgehead atoms. The van der Waals surface area contributed by atoms with Gasteiger partial charge in [0.25, 0.3) is 5.69 Å². The molecule has 7 rings (SSSR count). The molecule has 46 heavy (non-hydrogen) atoms. The van der Waals surface area contributed by atoms with E-state index in [-0.39, 0.29) is 39.6 Å². The number of fused-ring (bicyclic) bond motifs is 3. The number of likely N-dealkylation sites (tertiary alicyclic amines) is 1. The summed E-state index contributed by atoms with van der Waals surface area (Å²) in [5.41, 5.74) is -0.501. The molecule has 0 unspecified atom stereocenters. The summed E-state index contributed by atoms with van der Waals surface area (Å²) in [5.74, 6) is -4.15. The first-order chi connectivity index (χ1) is 22.0. The molecule has 3 heterocycles. The molecule has 10 nitrogen and oxygen atoms in total. The smallest absolute Gasteiger partial charge is 0.337 e. The summed E-state index contributed by atoms with van der Waals surface area (Å²) < 4.78 is 21.1. The topological polar surface area (TPSA) is 122 Å². The second kappa shape index (κ2) is 11.0. The Labute approximate surface area is 273 Å². The zero-order chi connectivity index (χ0) is 32.7. The highest BCUT2D eigenvalue weighted by atomic mass is 35.5. The van der Waals surface area contributed by atoms with Crippen molar-refractivity contribution >= 4 is 58.0 Å². The van der Waals surface area contributed by atoms with Gasteiger partial charge in [0.2, 0.25) is 11.8 Å². The van der Waals surface area contributed by atoms with Crippen molar-refractivity contribution in [2.75, 3.05) is 30.4 Å². The lowest BCUT2D eigenvalue weighted by molar-refractivity contribution is -0.384. The molecule has 238 valence electrons. The third-order valence-corrected chi connectivity index (χ3v) is 10.4. The summed E-state index contributed by atoms with van der Waals surface area (Å²) in [6.45, 7) is 2.06. The largest absolute Gasteiger partial charge is 0.465 e. The minimum absolute atomic E-state index is 0.0483. The maximum atomic E-state index is 16.2. The number of hydrogen-bond donors (Lipinski definition) is 1. The van der Waals surface area contributed by atoms with Crippen molar-refractivity contribution < 1.29 is 28.4 Å². The molecule has 2 saturated heterocycles. The Kier molecular flexibility index (Phi) is 7.34. The Bertz CT molecular complexity index is 1850. The number of benzene rings is 3. The molecule has 4 aliphatic rings. The van der Waals surface area contributed by atoms with Crippen LogP contribution in [0.3, 0.4) is 0 Å². The number of ether oxygens (including phenoxy) is 1. The van der Waals surface area contributed by atoms with Crippen LogP contribution >= 0.6 is 23.2 Å². The fraction of sp³-hybridized carbons (Fsp3) is 0.364. The number of nitro groups is 1. The summed E-state index contributed by atoms with van der Waals surface area (Å²) in [6.07, 6.45) is 2.25. The van der Waals surface area contributed by atoms with Crippen LogP contribution in [0.25, 0.3) is 0 Å². The van der Waals surface area contributed by atoms with Crippen molar-refractivity contribution in [1.82, 2.24) is 4.90 Å². The van der Waals surface area contributed by atoms with Crippen molar-refractivity contribution in [2.24, 2.45) is 11.8 Å². The highest BCUT2D eigenvalue weighted by Gasteiger charge is 2.70. The molecule has 4 atom stereocenters. The minimum Gasteiger partial charge on any atom is -0.465 e. The highest BCUT2D eigenvalue weighted by molar-refractivity contribution is 6.31. The molecule has 3 aromatic carbocycles. The Morgan fingerprint density at radius 2 is 1.91 bits per heavy atom. The Hall–Kier alpha value is -4.06. The van der Waals surface area contributed by atoms with Crippen molar-refractivity contribution in [3.63, 3.8) is 0 Å². The normalized spacial score (nSPS) is 25.4. The summed E-state index contributed by atoms with van der Waals surface area (Å²) in [6, 6.07) is 11.7. The maximum Gasteiger partial charge on any atom is 0.337 e. The van der Waals surface area contributed by atoms with Gasteiger partial charge in [0.15, 0.2) is 0 Å². The van der Waals surface area contributed by atoms with Gasteiger partial charge in [-0.05, 0) is 68.0 Å². The number of rotatable bonds is 6. The van der Waals surface area contributed by atoms with E-state index in [1.807, 2.05) is 0 Å². The van der Waals surface area contributed by atoms with E-state index < -0.39 is 51.9 Å². The number of nitrogens with zero attached hydrogens (tertiary/aromatic N) is 3. The zero-order valence-corrected chi connectivity index (χ0v) is 26.4. The molecule has 1 spiro atoms. The molecule has 0 radical (unpaired) electrons. The van der Waals surface area contributed by atoms with Crippen LogP contribution in [0.4, 0.5) is 21.5 Å². The lowest BCUT2D eigenvalue weighted by Gasteiger charge is -2.40. The van der Waals surface area contributed by atoms with Crippen LogP contribution in [0.2, 0.25) is 10.0 Å². The van der Waals surface area contributed by atoms with E-state index in [0.717, 1.165) is 12.8 Å². The number of carbonyl (C=O) groups is 3. The number of methoxy groups -OCH3 is 1. The fourth-order valence-electron chi connectivity index (χ4n) is 7.91. The number of carbonyl (C=O) groups excluding carboxylic acids is 3. The molecule has 1 saturated carbocycles. The van der Waals surface area contributed by atoms with Gasteiger partial charge in [-0.1, -0.05) is 41.4 Å². The number of halogens is 3. The molecule has 1 N–H and O–H groups in total. The van der Waals surface area contributed by atoms with Crippen molar-refractivity contribution in [2.45, 2.75) is 43.7 Å². The van der Waals surface area contributed by atoms with Gasteiger partial charge in [0.05, 0.1) is 28.5 Å². The van der Waals surface area contributed by atoms with E-state index in [0.29, 0.717) is 35.2 Å². The maximum absolute atomic E-state index is 16.2. The van der Waals surface area contributed by atoms with Crippen LogP contribution in [-0.2, 0) is 19.9 Å². The highest BCUT2D eigenvalue weighted by Crippen LogP contribution is 2.62. The van der Waals surface area contributed by atoms with Crippen LogP contribution in [0, 0.1) is 34.7 Å². The molecular formula is C33H29Cl2FN4O6. The standard InChI is InChI=1S/C33H29Cl2FN4O6/c1-16-12-18(31(42)46-2)13-25(29(16)40(44)45)38-11-10-24-26(30(38)41)27(20-4-3-5-22(35)28(20)36)33(39(24)15-17-6-7-17)21-9-8-19(34)14-23(21)37-32(33)43/h3-5,8-9,12-14,17,24,26-27H,6-7,10-11,15H2,1-2H3,(H,37,43)/t24-,26+,27-,33+/m0/s1. The van der Waals surface area contributed by atoms with Gasteiger partial charge < -0.3 is 15.0 Å². The first-order valence-corrected chi connectivity index (χ1v) is 15.8. The lowest BCUT2D eigenvalue weighted by atomic mass is 9.70. The van der Waals surface area contributed by atoms with Gasteiger partial charge in [-0.15, -0.1) is 0 Å². The van der Waals surface area contributed by atoms with Gasteiger partial charge in [0, 0.05) is 46.9 Å². The molecule has 0 aromatic heterocycles. The van der Waals surface area contributed by atoms with Gasteiger partial charge >= 0.3 is 5.97 Å². The monoisotopic (exact) mass is 666 g/mol. The Balaban J connectivity index is 1.47. The van der Waals surface area contributed by atoms with Gasteiger partial charge in [-0.2, -0.15) is 0 Å². The predicted molar refractivity (Wildman–Crippen MR) is 169 cm³/mol. The fourth-order valence-corrected chi connectivity index (χ4v) is 8.27. The molecule has 3 aliphatic heterocycles. The molecule has 1 aliphatic carbocycles. The average molecular weight is 668 g/mol. The lowest BCUT2D eigenvalue weighted by Crippen LogP contribution is -2.54. The Morgan fingerprint density at radius 3 is 2.61 bits per heavy atom. The number of nitrogens with one attached hydrogen (secondary N) is 1. The zero-order valence-electron chi connectivity index (χ0n) is 24.9. The van der Waals surface area contributed by atoms with E-state index in [4.69, 9.17) is 27.9 Å². The minimum atomic E-state index is -1.50. The van der Waals surface area contributed by atoms with Gasteiger partial charge in [0.1, 0.15) is 17.0 Å². The average Bonchev–Trinajstić information content (AvgIpc) is 3.73. The first kappa shape index (κ1) is 30.6. The molecule has 3 fully saturated rings. The third kappa shape index (κ3) is 4.43. The summed E-state index contributed by atoms with van der Waals surface area (Å²) in [5, 5.41) is 15.6. The number of hydrogen-bond acceptors (Lipinski definition) is 7. The van der Waals surface area contributed by atoms with Crippen LogP contribution in [-0.4, -0.2) is 53.8 Å². The number of nitro benzene ring substituents is 1. The van der Waals surface area contributed by atoms with Crippen LogP contribution < -0.4 is 10.2 Å². The summed E-state index contributed by atoms with van der Waals surface area (Å²) in [7, 11) is 1.20. The Morgan fingerprint density at radius 1 is 1.15 bits per heavy atom. The molecule has 3 aromatic rings. The predicted octanol–water partition coefficient (Wildman–Crippen LogP) is 6.21. The van der Waals surface area contributed by atoms with E-state index in [1.54, 1.807) is 30.3 Å². The van der Waals surface area contributed by atoms with Crippen molar-refractivity contribution in [3.8, 4) is 0 Å². The second-order valence-corrected chi connectivity index (χ2v) is 13.3. The molecule has 13 heteroatoms. The number of anilines is 2. The molecular weight excluding hydrogens is 638 g/mol. The van der Waals surface area contributed by atoms with E-state index in [1.165, 1.54) is 37.1 Å². The van der Waals surface area contributed by atoms with E-state index in [2.05, 4.69) is 10.2 Å².